The second kappa shape index (κ2) is 4.63. The van der Waals surface area contributed by atoms with Crippen molar-refractivity contribution in [2.45, 2.75) is 25.4 Å². The fourth-order valence-corrected chi connectivity index (χ4v) is 1.74. The molecule has 1 heterocycles. The number of nitriles is 1. The number of rotatable bonds is 4. The zero-order valence-corrected chi connectivity index (χ0v) is 9.89. The van der Waals surface area contributed by atoms with Crippen LogP contribution in [-0.2, 0) is 6.54 Å². The molecule has 2 aromatic rings. The Bertz CT molecular complexity index is 576. The van der Waals surface area contributed by atoms with Crippen molar-refractivity contribution >= 4 is 0 Å². The second-order valence-corrected chi connectivity index (χ2v) is 4.49. The van der Waals surface area contributed by atoms with Gasteiger partial charge in [-0.1, -0.05) is 0 Å². The lowest BCUT2D eigenvalue weighted by Gasteiger charge is -1.96. The van der Waals surface area contributed by atoms with E-state index in [4.69, 9.17) is 9.68 Å². The van der Waals surface area contributed by atoms with E-state index in [2.05, 4.69) is 16.4 Å². The Kier molecular flexibility index (Phi) is 2.83. The Morgan fingerprint density at radius 1 is 1.33 bits per heavy atom. The average molecular weight is 239 g/mol. The molecule has 0 radical (unpaired) electrons. The third kappa shape index (κ3) is 2.41. The molecule has 0 aliphatic heterocycles. The number of nitrogens with zero attached hydrogens (tertiary/aromatic N) is 2. The Morgan fingerprint density at radius 3 is 2.78 bits per heavy atom. The number of oxazole rings is 1. The topological polar surface area (TPSA) is 61.9 Å². The normalized spacial score (nSPS) is 14.4. The summed E-state index contributed by atoms with van der Waals surface area (Å²) in [5, 5.41) is 12.1. The van der Waals surface area contributed by atoms with Crippen molar-refractivity contribution in [1.29, 1.82) is 5.26 Å². The summed E-state index contributed by atoms with van der Waals surface area (Å²) in [5.41, 5.74) is 2.45. The van der Waals surface area contributed by atoms with E-state index in [9.17, 15) is 0 Å². The number of hydrogen-bond donors (Lipinski definition) is 1. The summed E-state index contributed by atoms with van der Waals surface area (Å²) in [6.45, 7) is 0.754. The fraction of sp³-hybridized carbons (Fsp3) is 0.286. The first-order valence-corrected chi connectivity index (χ1v) is 6.03. The van der Waals surface area contributed by atoms with Gasteiger partial charge in [-0.05, 0) is 37.1 Å². The first-order chi connectivity index (χ1) is 8.85. The molecule has 90 valence electrons. The quantitative estimate of drug-likeness (QED) is 0.890. The van der Waals surface area contributed by atoms with Gasteiger partial charge < -0.3 is 9.73 Å². The van der Waals surface area contributed by atoms with E-state index in [0.717, 1.165) is 17.8 Å². The lowest BCUT2D eigenvalue weighted by molar-refractivity contribution is 0.570. The molecule has 1 aliphatic carbocycles. The molecule has 1 aliphatic rings. The van der Waals surface area contributed by atoms with Gasteiger partial charge in [-0.25, -0.2) is 4.98 Å². The summed E-state index contributed by atoms with van der Waals surface area (Å²) in [6, 6.07) is 9.99. The molecular formula is C14H13N3O. The van der Waals surface area contributed by atoms with Gasteiger partial charge in [0.15, 0.2) is 0 Å². The molecule has 3 rings (SSSR count). The maximum atomic E-state index is 8.73. The van der Waals surface area contributed by atoms with Crippen molar-refractivity contribution in [3.8, 4) is 17.5 Å². The van der Waals surface area contributed by atoms with Gasteiger partial charge in [-0.15, -0.1) is 0 Å². The molecule has 1 N–H and O–H groups in total. The first kappa shape index (κ1) is 11.0. The molecule has 0 bridgehead atoms. The monoisotopic (exact) mass is 239 g/mol. The summed E-state index contributed by atoms with van der Waals surface area (Å²) >= 11 is 0. The standard InChI is InChI=1S/C14H13N3O/c15-7-10-1-3-11(4-2-10)14-17-13(9-18-14)8-16-12-5-6-12/h1-4,9,12,16H,5-6,8H2. The lowest BCUT2D eigenvalue weighted by Crippen LogP contribution is -2.15. The Hall–Kier alpha value is -2.12. The van der Waals surface area contributed by atoms with E-state index in [1.165, 1.54) is 12.8 Å². The van der Waals surface area contributed by atoms with Gasteiger partial charge in [0.05, 0.1) is 17.3 Å². The van der Waals surface area contributed by atoms with Gasteiger partial charge in [0.25, 0.3) is 0 Å². The Balaban J connectivity index is 1.72. The maximum absolute atomic E-state index is 8.73. The van der Waals surface area contributed by atoms with Gasteiger partial charge in [0.2, 0.25) is 5.89 Å². The maximum Gasteiger partial charge on any atom is 0.226 e. The average Bonchev–Trinajstić information content (AvgIpc) is 3.14. The zero-order chi connectivity index (χ0) is 12.4. The van der Waals surface area contributed by atoms with Crippen LogP contribution >= 0.6 is 0 Å². The number of aromatic nitrogens is 1. The summed E-state index contributed by atoms with van der Waals surface area (Å²) < 4.78 is 5.44. The molecule has 0 atom stereocenters. The Morgan fingerprint density at radius 2 is 2.11 bits per heavy atom. The van der Waals surface area contributed by atoms with E-state index in [1.807, 2.05) is 12.1 Å². The van der Waals surface area contributed by atoms with Crippen LogP contribution in [0.5, 0.6) is 0 Å². The molecule has 0 amide bonds. The van der Waals surface area contributed by atoms with Crippen LogP contribution in [0.2, 0.25) is 0 Å². The number of nitrogens with one attached hydrogen (secondary N) is 1. The van der Waals surface area contributed by atoms with Crippen LogP contribution in [0.4, 0.5) is 0 Å². The van der Waals surface area contributed by atoms with E-state index in [0.29, 0.717) is 17.5 Å². The minimum Gasteiger partial charge on any atom is -0.444 e. The van der Waals surface area contributed by atoms with Crippen LogP contribution in [0.1, 0.15) is 24.1 Å². The first-order valence-electron chi connectivity index (χ1n) is 6.03. The van der Waals surface area contributed by atoms with Gasteiger partial charge in [-0.3, -0.25) is 0 Å². The highest BCUT2D eigenvalue weighted by Crippen LogP contribution is 2.21. The van der Waals surface area contributed by atoms with Crippen molar-refractivity contribution in [3.05, 3.63) is 41.8 Å². The molecular weight excluding hydrogens is 226 g/mol. The molecule has 4 heteroatoms. The molecule has 0 saturated heterocycles. The highest BCUT2D eigenvalue weighted by atomic mass is 16.3. The van der Waals surface area contributed by atoms with Crippen LogP contribution < -0.4 is 5.32 Å². The van der Waals surface area contributed by atoms with Crippen LogP contribution in [0, 0.1) is 11.3 Å². The SMILES string of the molecule is N#Cc1ccc(-c2nc(CNC3CC3)co2)cc1. The summed E-state index contributed by atoms with van der Waals surface area (Å²) in [6.07, 6.45) is 4.21. The predicted molar refractivity (Wildman–Crippen MR) is 66.5 cm³/mol. The summed E-state index contributed by atoms with van der Waals surface area (Å²) in [4.78, 5) is 4.42. The molecule has 1 fully saturated rings. The zero-order valence-electron chi connectivity index (χ0n) is 9.89. The van der Waals surface area contributed by atoms with Gasteiger partial charge >= 0.3 is 0 Å². The third-order valence-electron chi connectivity index (χ3n) is 2.96. The fourth-order valence-electron chi connectivity index (χ4n) is 1.74. The largest absolute Gasteiger partial charge is 0.444 e. The molecule has 4 nitrogen and oxygen atoms in total. The van der Waals surface area contributed by atoms with Gasteiger partial charge in [-0.2, -0.15) is 5.26 Å². The molecule has 0 unspecified atom stereocenters. The van der Waals surface area contributed by atoms with E-state index in [1.54, 1.807) is 18.4 Å². The molecule has 1 aromatic heterocycles. The van der Waals surface area contributed by atoms with Crippen molar-refractivity contribution in [2.24, 2.45) is 0 Å². The third-order valence-corrected chi connectivity index (χ3v) is 2.96. The number of hydrogen-bond acceptors (Lipinski definition) is 4. The minimum atomic E-state index is 0.604. The van der Waals surface area contributed by atoms with Gasteiger partial charge in [0, 0.05) is 18.2 Å². The summed E-state index contributed by atoms with van der Waals surface area (Å²) in [7, 11) is 0. The van der Waals surface area contributed by atoms with E-state index >= 15 is 0 Å². The van der Waals surface area contributed by atoms with Gasteiger partial charge in [0.1, 0.15) is 6.26 Å². The summed E-state index contributed by atoms with van der Waals surface area (Å²) in [5.74, 6) is 0.604. The predicted octanol–water partition coefficient (Wildman–Crippen LogP) is 2.47. The number of benzene rings is 1. The molecule has 0 spiro atoms. The molecule has 1 saturated carbocycles. The highest BCUT2D eigenvalue weighted by molar-refractivity contribution is 5.54. The van der Waals surface area contributed by atoms with Crippen LogP contribution in [0.15, 0.2) is 34.9 Å². The van der Waals surface area contributed by atoms with E-state index in [-0.39, 0.29) is 0 Å². The molecule has 1 aromatic carbocycles. The minimum absolute atomic E-state index is 0.604. The lowest BCUT2D eigenvalue weighted by atomic mass is 10.1. The van der Waals surface area contributed by atoms with Crippen LogP contribution in [0.3, 0.4) is 0 Å². The highest BCUT2D eigenvalue weighted by Gasteiger charge is 2.20. The van der Waals surface area contributed by atoms with E-state index < -0.39 is 0 Å². The Labute approximate surface area is 105 Å². The van der Waals surface area contributed by atoms with Crippen molar-refractivity contribution in [2.75, 3.05) is 0 Å². The van der Waals surface area contributed by atoms with Crippen molar-refractivity contribution in [1.82, 2.24) is 10.3 Å². The van der Waals surface area contributed by atoms with Crippen LogP contribution in [-0.4, -0.2) is 11.0 Å². The van der Waals surface area contributed by atoms with Crippen molar-refractivity contribution in [3.63, 3.8) is 0 Å². The molecule has 18 heavy (non-hydrogen) atoms. The smallest absolute Gasteiger partial charge is 0.226 e. The van der Waals surface area contributed by atoms with Crippen LogP contribution in [0.25, 0.3) is 11.5 Å². The van der Waals surface area contributed by atoms with Crippen molar-refractivity contribution < 1.29 is 4.42 Å². The second-order valence-electron chi connectivity index (χ2n) is 4.49.